The molecule has 9 heteroatoms. The van der Waals surface area contributed by atoms with Gasteiger partial charge in [0.05, 0.1) is 11.6 Å². The smallest absolute Gasteiger partial charge is 0.324 e. The second-order valence-electron chi connectivity index (χ2n) is 6.30. The molecule has 1 atom stereocenters. The number of nitrogens with one attached hydrogen (secondary N) is 1. The number of halogens is 2. The van der Waals surface area contributed by atoms with E-state index in [-0.39, 0.29) is 17.0 Å². The third-order valence-corrected chi connectivity index (χ3v) is 4.51. The monoisotopic (exact) mass is 376 g/mol. The average Bonchev–Trinajstić information content (AvgIpc) is 3.01. The molecular weight excluding hydrogens is 358 g/mol. The fraction of sp³-hybridized carbons (Fsp3) is 0.278. The summed E-state index contributed by atoms with van der Waals surface area (Å²) in [7, 11) is 2.96. The van der Waals surface area contributed by atoms with E-state index in [1.54, 1.807) is 13.8 Å². The third-order valence-electron chi connectivity index (χ3n) is 4.51. The Bertz CT molecular complexity index is 954. The van der Waals surface area contributed by atoms with Gasteiger partial charge in [0.25, 0.3) is 5.91 Å². The van der Waals surface area contributed by atoms with E-state index in [1.165, 1.54) is 36.0 Å². The van der Waals surface area contributed by atoms with E-state index in [0.29, 0.717) is 11.5 Å². The fourth-order valence-electron chi connectivity index (χ4n) is 3.05. The van der Waals surface area contributed by atoms with Crippen LogP contribution in [0.5, 0.6) is 0 Å². The van der Waals surface area contributed by atoms with E-state index in [4.69, 9.17) is 4.52 Å². The number of hydrogen-bond acceptors (Lipinski definition) is 4. The fourth-order valence-corrected chi connectivity index (χ4v) is 3.05. The molecule has 27 heavy (non-hydrogen) atoms. The Kier molecular flexibility index (Phi) is 4.69. The van der Waals surface area contributed by atoms with Crippen molar-refractivity contribution in [2.45, 2.75) is 19.9 Å². The van der Waals surface area contributed by atoms with Gasteiger partial charge >= 0.3 is 6.03 Å². The number of carbonyl (C=O) groups is 2. The lowest BCUT2D eigenvalue weighted by atomic mass is 9.92. The lowest BCUT2D eigenvalue weighted by Crippen LogP contribution is -2.48. The highest BCUT2D eigenvalue weighted by molar-refractivity contribution is 6.06. The SMILES string of the molecule is CC1=C(C(=O)Nc2cc(C)on2)[C@@H](c2ccc(F)cc2F)N(C)C(=O)N1C. The van der Waals surface area contributed by atoms with Gasteiger partial charge in [0.15, 0.2) is 5.82 Å². The predicted molar refractivity (Wildman–Crippen MR) is 92.6 cm³/mol. The van der Waals surface area contributed by atoms with Crippen LogP contribution in [0, 0.1) is 18.6 Å². The molecule has 1 aliphatic rings. The molecule has 2 heterocycles. The highest BCUT2D eigenvalue weighted by Gasteiger charge is 2.39. The van der Waals surface area contributed by atoms with Crippen LogP contribution in [0.1, 0.15) is 24.3 Å². The van der Waals surface area contributed by atoms with E-state index >= 15 is 0 Å². The summed E-state index contributed by atoms with van der Waals surface area (Å²) in [6, 6.07) is 3.12. The van der Waals surface area contributed by atoms with Crippen LogP contribution >= 0.6 is 0 Å². The van der Waals surface area contributed by atoms with Gasteiger partial charge in [0.1, 0.15) is 17.4 Å². The Morgan fingerprint density at radius 1 is 1.22 bits per heavy atom. The van der Waals surface area contributed by atoms with Gasteiger partial charge in [0, 0.05) is 37.5 Å². The van der Waals surface area contributed by atoms with Crippen molar-refractivity contribution in [3.63, 3.8) is 0 Å². The molecule has 0 saturated carbocycles. The molecule has 3 amide bonds. The van der Waals surface area contributed by atoms with Crippen molar-refractivity contribution in [2.24, 2.45) is 0 Å². The summed E-state index contributed by atoms with van der Waals surface area (Å²) in [5.41, 5.74) is 0.511. The number of aromatic nitrogens is 1. The first-order chi connectivity index (χ1) is 12.7. The first-order valence-electron chi connectivity index (χ1n) is 8.11. The highest BCUT2D eigenvalue weighted by Crippen LogP contribution is 2.37. The molecule has 142 valence electrons. The second kappa shape index (κ2) is 6.82. The van der Waals surface area contributed by atoms with Crippen molar-refractivity contribution >= 4 is 17.8 Å². The van der Waals surface area contributed by atoms with E-state index in [1.807, 2.05) is 0 Å². The molecule has 7 nitrogen and oxygen atoms in total. The van der Waals surface area contributed by atoms with Crippen molar-refractivity contribution in [1.29, 1.82) is 0 Å². The molecular formula is C18H18F2N4O3. The van der Waals surface area contributed by atoms with E-state index in [2.05, 4.69) is 10.5 Å². The standard InChI is InChI=1S/C18H18F2N4O3/c1-9-7-14(22-27-9)21-17(25)15-10(2)23(3)18(26)24(4)16(15)12-6-5-11(19)8-13(12)20/h5-8,16H,1-4H3,(H,21,22,25)/t16-/m1/s1. The maximum Gasteiger partial charge on any atom is 0.324 e. The van der Waals surface area contributed by atoms with E-state index in [9.17, 15) is 18.4 Å². The second-order valence-corrected chi connectivity index (χ2v) is 6.30. The molecule has 0 saturated heterocycles. The molecule has 0 aliphatic carbocycles. The number of carbonyl (C=O) groups excluding carboxylic acids is 2. The van der Waals surface area contributed by atoms with Crippen molar-refractivity contribution < 1.29 is 22.9 Å². The summed E-state index contributed by atoms with van der Waals surface area (Å²) in [6.07, 6.45) is 0. The van der Waals surface area contributed by atoms with Crippen LogP contribution < -0.4 is 5.32 Å². The van der Waals surface area contributed by atoms with Crippen LogP contribution in [0.3, 0.4) is 0 Å². The number of amides is 3. The number of nitrogens with zero attached hydrogens (tertiary/aromatic N) is 3. The molecule has 1 aromatic carbocycles. The Balaban J connectivity index is 2.09. The first-order valence-corrected chi connectivity index (χ1v) is 8.11. The zero-order valence-corrected chi connectivity index (χ0v) is 15.2. The summed E-state index contributed by atoms with van der Waals surface area (Å²) >= 11 is 0. The van der Waals surface area contributed by atoms with Gasteiger partial charge < -0.3 is 19.6 Å². The quantitative estimate of drug-likeness (QED) is 0.892. The van der Waals surface area contributed by atoms with E-state index < -0.39 is 29.6 Å². The minimum absolute atomic E-state index is 0.0150. The molecule has 0 radical (unpaired) electrons. The molecule has 0 fully saturated rings. The summed E-state index contributed by atoms with van der Waals surface area (Å²) in [5.74, 6) is -1.47. The lowest BCUT2D eigenvalue weighted by molar-refractivity contribution is -0.113. The van der Waals surface area contributed by atoms with Crippen molar-refractivity contribution in [3.8, 4) is 0 Å². The van der Waals surface area contributed by atoms with Crippen molar-refractivity contribution in [3.05, 3.63) is 58.5 Å². The average molecular weight is 376 g/mol. The molecule has 1 aromatic heterocycles. The largest absolute Gasteiger partial charge is 0.360 e. The van der Waals surface area contributed by atoms with Crippen molar-refractivity contribution in [2.75, 3.05) is 19.4 Å². The number of anilines is 1. The maximum atomic E-state index is 14.5. The molecule has 1 aliphatic heterocycles. The summed E-state index contributed by atoms with van der Waals surface area (Å²) in [6.45, 7) is 3.26. The Hall–Kier alpha value is -3.23. The van der Waals surface area contributed by atoms with Gasteiger partial charge in [-0.05, 0) is 19.9 Å². The van der Waals surface area contributed by atoms with Crippen LogP contribution in [-0.4, -0.2) is 41.0 Å². The minimum Gasteiger partial charge on any atom is -0.360 e. The minimum atomic E-state index is -1.03. The number of urea groups is 1. The highest BCUT2D eigenvalue weighted by atomic mass is 19.1. The third kappa shape index (κ3) is 3.27. The number of likely N-dealkylation sites (N-methyl/N-ethyl adjacent to an activating group) is 1. The summed E-state index contributed by atoms with van der Waals surface area (Å²) in [4.78, 5) is 27.9. The summed E-state index contributed by atoms with van der Waals surface area (Å²) in [5, 5.41) is 6.29. The van der Waals surface area contributed by atoms with Gasteiger partial charge in [-0.1, -0.05) is 11.2 Å². The predicted octanol–water partition coefficient (Wildman–Crippen LogP) is 3.21. The van der Waals surface area contributed by atoms with Crippen LogP contribution in [0.25, 0.3) is 0 Å². The Morgan fingerprint density at radius 2 is 1.93 bits per heavy atom. The molecule has 0 spiro atoms. The van der Waals surface area contributed by atoms with E-state index in [0.717, 1.165) is 12.1 Å². The van der Waals surface area contributed by atoms with Crippen LogP contribution in [0.4, 0.5) is 19.4 Å². The molecule has 2 aromatic rings. The zero-order valence-electron chi connectivity index (χ0n) is 15.2. The van der Waals surface area contributed by atoms with Gasteiger partial charge in [-0.15, -0.1) is 0 Å². The summed E-state index contributed by atoms with van der Waals surface area (Å²) < 4.78 is 32.7. The molecule has 3 rings (SSSR count). The number of rotatable bonds is 3. The number of allylic oxidation sites excluding steroid dienone is 1. The lowest BCUT2D eigenvalue weighted by Gasteiger charge is -2.39. The molecule has 0 bridgehead atoms. The maximum absolute atomic E-state index is 14.5. The Labute approximate surface area is 154 Å². The van der Waals surface area contributed by atoms with Crippen LogP contribution in [0.15, 0.2) is 40.1 Å². The van der Waals surface area contributed by atoms with Gasteiger partial charge in [-0.3, -0.25) is 4.79 Å². The Morgan fingerprint density at radius 3 is 2.52 bits per heavy atom. The topological polar surface area (TPSA) is 78.7 Å². The zero-order chi connectivity index (χ0) is 19.9. The van der Waals surface area contributed by atoms with Crippen molar-refractivity contribution in [1.82, 2.24) is 15.0 Å². The van der Waals surface area contributed by atoms with Crippen LogP contribution in [-0.2, 0) is 4.79 Å². The van der Waals surface area contributed by atoms with Gasteiger partial charge in [0.2, 0.25) is 0 Å². The van der Waals surface area contributed by atoms with Crippen LogP contribution in [0.2, 0.25) is 0 Å². The number of hydrogen-bond donors (Lipinski definition) is 1. The van der Waals surface area contributed by atoms with Gasteiger partial charge in [-0.25, -0.2) is 13.6 Å². The first kappa shape index (κ1) is 18.6. The number of benzene rings is 1. The molecule has 1 N–H and O–H groups in total. The van der Waals surface area contributed by atoms with Gasteiger partial charge in [-0.2, -0.15) is 0 Å². The number of aryl methyl sites for hydroxylation is 1. The molecule has 0 unspecified atom stereocenters. The normalized spacial score (nSPS) is 17.6.